The first-order chi connectivity index (χ1) is 10.6. The number of pyridine rings is 1. The standard InChI is InChI=1S/C18H25NSi/c1-14(2)11-16-12-17(15-9-7-6-8-10-15)19-13-18(16)20(3,4)5/h6-10,12-14H,11H2,1-5H3/i1D3. The lowest BCUT2D eigenvalue weighted by molar-refractivity contribution is 0.649. The summed E-state index contributed by atoms with van der Waals surface area (Å²) in [6.07, 6.45) is 2.54. The van der Waals surface area contributed by atoms with Crippen molar-refractivity contribution >= 4 is 13.3 Å². The molecule has 0 saturated heterocycles. The fourth-order valence-electron chi connectivity index (χ4n) is 2.44. The molecule has 0 aliphatic carbocycles. The second kappa shape index (κ2) is 5.92. The van der Waals surface area contributed by atoms with Crippen LogP contribution in [0.15, 0.2) is 42.6 Å². The molecule has 0 aliphatic rings. The van der Waals surface area contributed by atoms with E-state index in [-0.39, 0.29) is 5.92 Å². The molecule has 2 heteroatoms. The van der Waals surface area contributed by atoms with Crippen LogP contribution in [0.1, 0.15) is 23.5 Å². The van der Waals surface area contributed by atoms with Gasteiger partial charge in [-0.25, -0.2) is 0 Å². The summed E-state index contributed by atoms with van der Waals surface area (Å²) in [6.45, 7) is 6.71. The lowest BCUT2D eigenvalue weighted by atomic mass is 10.0. The third-order valence-corrected chi connectivity index (χ3v) is 5.46. The topological polar surface area (TPSA) is 12.9 Å². The van der Waals surface area contributed by atoms with Crippen molar-refractivity contribution in [2.24, 2.45) is 5.92 Å². The molecule has 106 valence electrons. The van der Waals surface area contributed by atoms with Gasteiger partial charge in [0.15, 0.2) is 0 Å². The minimum absolute atomic E-state index is 0.358. The van der Waals surface area contributed by atoms with E-state index in [0.29, 0.717) is 6.42 Å². The lowest BCUT2D eigenvalue weighted by Crippen LogP contribution is -2.40. The van der Waals surface area contributed by atoms with Gasteiger partial charge in [0.25, 0.3) is 0 Å². The van der Waals surface area contributed by atoms with Crippen molar-refractivity contribution in [1.82, 2.24) is 4.98 Å². The summed E-state index contributed by atoms with van der Waals surface area (Å²) < 4.78 is 23.0. The van der Waals surface area contributed by atoms with Crippen LogP contribution in [0.4, 0.5) is 0 Å². The van der Waals surface area contributed by atoms with Gasteiger partial charge in [0, 0.05) is 15.9 Å². The van der Waals surface area contributed by atoms with Gasteiger partial charge < -0.3 is 0 Å². The van der Waals surface area contributed by atoms with E-state index in [4.69, 9.17) is 4.11 Å². The first-order valence-electron chi connectivity index (χ1n) is 8.64. The Hall–Kier alpha value is -1.41. The molecule has 0 saturated carbocycles. The molecule has 1 nitrogen and oxygen atoms in total. The molecule has 20 heavy (non-hydrogen) atoms. The average Bonchev–Trinajstić information content (AvgIpc) is 2.46. The number of rotatable bonds is 4. The molecule has 1 aromatic carbocycles. The van der Waals surface area contributed by atoms with Gasteiger partial charge in [-0.2, -0.15) is 0 Å². The molecule has 1 unspecified atom stereocenters. The zero-order valence-corrected chi connectivity index (χ0v) is 13.8. The van der Waals surface area contributed by atoms with Gasteiger partial charge in [0.05, 0.1) is 13.8 Å². The van der Waals surface area contributed by atoms with Crippen molar-refractivity contribution in [3.05, 3.63) is 48.2 Å². The Kier molecular flexibility index (Phi) is 3.34. The van der Waals surface area contributed by atoms with Crippen molar-refractivity contribution in [1.29, 1.82) is 0 Å². The zero-order chi connectivity index (χ0) is 17.3. The molecule has 0 spiro atoms. The highest BCUT2D eigenvalue weighted by Crippen LogP contribution is 2.20. The van der Waals surface area contributed by atoms with Crippen LogP contribution in [-0.2, 0) is 6.42 Å². The van der Waals surface area contributed by atoms with Crippen molar-refractivity contribution < 1.29 is 4.11 Å². The molecule has 0 fully saturated rings. The van der Waals surface area contributed by atoms with Gasteiger partial charge in [-0.3, -0.25) is 4.98 Å². The van der Waals surface area contributed by atoms with Crippen LogP contribution in [0.25, 0.3) is 11.3 Å². The molecular weight excluding hydrogens is 258 g/mol. The molecule has 0 aliphatic heterocycles. The van der Waals surface area contributed by atoms with E-state index in [1.54, 1.807) is 0 Å². The third kappa shape index (κ3) is 3.57. The highest BCUT2D eigenvalue weighted by atomic mass is 28.3. The molecular formula is C18H25NSi. The van der Waals surface area contributed by atoms with Crippen LogP contribution in [-0.4, -0.2) is 13.1 Å². The largest absolute Gasteiger partial charge is 0.256 e. The van der Waals surface area contributed by atoms with Crippen LogP contribution in [0.2, 0.25) is 19.6 Å². The van der Waals surface area contributed by atoms with E-state index in [9.17, 15) is 0 Å². The van der Waals surface area contributed by atoms with Crippen molar-refractivity contribution in [3.8, 4) is 11.3 Å². The number of hydrogen-bond donors (Lipinski definition) is 0. The van der Waals surface area contributed by atoms with Crippen LogP contribution >= 0.6 is 0 Å². The Labute approximate surface area is 128 Å². The number of nitrogens with zero attached hydrogens (tertiary/aromatic N) is 1. The summed E-state index contributed by atoms with van der Waals surface area (Å²) in [5.74, 6) is -0.358. The van der Waals surface area contributed by atoms with E-state index in [2.05, 4.69) is 30.7 Å². The third-order valence-electron chi connectivity index (χ3n) is 3.39. The van der Waals surface area contributed by atoms with Gasteiger partial charge in [0.1, 0.15) is 0 Å². The van der Waals surface area contributed by atoms with Gasteiger partial charge >= 0.3 is 0 Å². The van der Waals surface area contributed by atoms with Gasteiger partial charge in [0.2, 0.25) is 0 Å². The number of benzene rings is 1. The normalized spacial score (nSPS) is 16.1. The van der Waals surface area contributed by atoms with Crippen molar-refractivity contribution in [2.45, 2.75) is 39.8 Å². The second-order valence-electron chi connectivity index (χ2n) is 6.45. The smallest absolute Gasteiger partial charge is 0.0799 e. The highest BCUT2D eigenvalue weighted by molar-refractivity contribution is 6.89. The van der Waals surface area contributed by atoms with Crippen molar-refractivity contribution in [2.75, 3.05) is 0 Å². The Balaban J connectivity index is 2.47. The summed E-state index contributed by atoms with van der Waals surface area (Å²) in [5, 5.41) is 1.26. The van der Waals surface area contributed by atoms with E-state index < -0.39 is 14.9 Å². The summed E-state index contributed by atoms with van der Waals surface area (Å²) in [6, 6.07) is 12.1. The van der Waals surface area contributed by atoms with Crippen LogP contribution in [0.3, 0.4) is 0 Å². The molecule has 0 radical (unpaired) electrons. The average molecular weight is 287 g/mol. The summed E-state index contributed by atoms with van der Waals surface area (Å²) in [7, 11) is -1.57. The minimum Gasteiger partial charge on any atom is -0.256 e. The molecule has 1 atom stereocenters. The lowest BCUT2D eigenvalue weighted by Gasteiger charge is -2.22. The Morgan fingerprint density at radius 3 is 2.50 bits per heavy atom. The highest BCUT2D eigenvalue weighted by Gasteiger charge is 2.21. The first-order valence-corrected chi connectivity index (χ1v) is 10.6. The summed E-state index contributed by atoms with van der Waals surface area (Å²) in [4.78, 5) is 4.64. The fourth-order valence-corrected chi connectivity index (χ4v) is 4.03. The molecule has 1 aromatic heterocycles. The molecule has 2 rings (SSSR count). The number of hydrogen-bond acceptors (Lipinski definition) is 1. The van der Waals surface area contributed by atoms with Gasteiger partial charge in [-0.1, -0.05) is 63.7 Å². The van der Waals surface area contributed by atoms with Crippen LogP contribution in [0, 0.1) is 5.92 Å². The molecule has 1 heterocycles. The SMILES string of the molecule is [2H]C([2H])([2H])C(C)Cc1cc(-c2ccccc2)ncc1[Si](C)(C)C. The molecule has 0 N–H and O–H groups in total. The van der Waals surface area contributed by atoms with Gasteiger partial charge in [-0.15, -0.1) is 0 Å². The molecule has 0 bridgehead atoms. The van der Waals surface area contributed by atoms with Crippen molar-refractivity contribution in [3.63, 3.8) is 0 Å². The van der Waals surface area contributed by atoms with E-state index in [1.807, 2.05) is 43.5 Å². The van der Waals surface area contributed by atoms with E-state index in [1.165, 1.54) is 5.19 Å². The predicted molar refractivity (Wildman–Crippen MR) is 91.2 cm³/mol. The van der Waals surface area contributed by atoms with Gasteiger partial charge in [-0.05, 0) is 29.2 Å². The quantitative estimate of drug-likeness (QED) is 0.755. The predicted octanol–water partition coefficient (Wildman–Crippen LogP) is 4.49. The summed E-state index contributed by atoms with van der Waals surface area (Å²) in [5.41, 5.74) is 3.12. The molecule has 2 aromatic rings. The summed E-state index contributed by atoms with van der Waals surface area (Å²) >= 11 is 0. The maximum atomic E-state index is 7.66. The Morgan fingerprint density at radius 2 is 1.90 bits per heavy atom. The Morgan fingerprint density at radius 1 is 1.20 bits per heavy atom. The van der Waals surface area contributed by atoms with Crippen LogP contribution in [0.5, 0.6) is 0 Å². The molecule has 0 amide bonds. The van der Waals surface area contributed by atoms with Crippen LogP contribution < -0.4 is 5.19 Å². The maximum absolute atomic E-state index is 7.66. The minimum atomic E-state index is -1.92. The second-order valence-corrected chi connectivity index (χ2v) is 11.5. The fraction of sp³-hybridized carbons (Fsp3) is 0.389. The first kappa shape index (κ1) is 11.3. The van der Waals surface area contributed by atoms with E-state index in [0.717, 1.165) is 16.8 Å². The number of aromatic nitrogens is 1. The Bertz CT molecular complexity index is 660. The maximum Gasteiger partial charge on any atom is 0.0799 e. The zero-order valence-electron chi connectivity index (χ0n) is 15.8. The monoisotopic (exact) mass is 286 g/mol. The van der Waals surface area contributed by atoms with E-state index >= 15 is 0 Å².